The molecule has 0 saturated heterocycles. The number of alkyl carbamates (subject to hydrolysis) is 1. The Kier molecular flexibility index (Phi) is 10.1. The minimum Gasteiger partial charge on any atom is -0.508 e. The van der Waals surface area contributed by atoms with Gasteiger partial charge in [-0.15, -0.1) is 0 Å². The average molecular weight is 586 g/mol. The van der Waals surface area contributed by atoms with Gasteiger partial charge in [0.2, 0.25) is 11.8 Å². The Balaban J connectivity index is 1.73. The molecule has 43 heavy (non-hydrogen) atoms. The zero-order valence-corrected chi connectivity index (χ0v) is 25.7. The van der Waals surface area contributed by atoms with Gasteiger partial charge < -0.3 is 25.4 Å². The van der Waals surface area contributed by atoms with Crippen LogP contribution in [0.5, 0.6) is 5.75 Å². The number of aromatic hydroxyl groups is 1. The third-order valence-corrected chi connectivity index (χ3v) is 7.48. The maximum Gasteiger partial charge on any atom is 0.408 e. The molecule has 0 aromatic heterocycles. The van der Waals surface area contributed by atoms with Crippen molar-refractivity contribution in [3.8, 4) is 5.75 Å². The van der Waals surface area contributed by atoms with E-state index in [4.69, 9.17) is 4.74 Å². The lowest BCUT2D eigenvalue weighted by atomic mass is 9.87. The molecular formula is C35H43N3O5. The lowest BCUT2D eigenvalue weighted by Crippen LogP contribution is -2.58. The number of aryl methyl sites for hydroxylation is 2. The van der Waals surface area contributed by atoms with Gasteiger partial charge in [-0.3, -0.25) is 9.59 Å². The molecule has 3 N–H and O–H groups in total. The second-order valence-corrected chi connectivity index (χ2v) is 12.4. The van der Waals surface area contributed by atoms with Crippen LogP contribution in [0, 0.1) is 13.8 Å². The van der Waals surface area contributed by atoms with Gasteiger partial charge >= 0.3 is 6.09 Å². The molecule has 8 nitrogen and oxygen atoms in total. The maximum absolute atomic E-state index is 14.6. The molecule has 0 heterocycles. The molecule has 4 rings (SSSR count). The van der Waals surface area contributed by atoms with Gasteiger partial charge in [0, 0.05) is 19.0 Å². The number of benzene rings is 3. The topological polar surface area (TPSA) is 108 Å². The minimum atomic E-state index is -1.00. The number of phenols is 1. The number of carbonyl (C=O) groups excluding carboxylic acids is 3. The summed E-state index contributed by atoms with van der Waals surface area (Å²) in [6.45, 7) is 9.55. The highest BCUT2D eigenvalue weighted by Gasteiger charge is 2.42. The molecule has 3 aromatic rings. The number of nitrogens with zero attached hydrogens (tertiary/aromatic N) is 1. The first-order valence-corrected chi connectivity index (χ1v) is 14.9. The van der Waals surface area contributed by atoms with Gasteiger partial charge in [0.1, 0.15) is 23.4 Å². The standard InChI is InChI=1S/C35H43N3O5/c1-23-18-24(2)20-27(19-23)31(32(40)36-22-26-10-7-6-8-11-26)38(28-12-9-13-28)33(41)30(37-34(42)43-35(3,4)5)21-25-14-16-29(39)17-15-25/h6-8,10-11,14-20,28,30-31,39H,9,12-13,21-22H2,1-5H3,(H,36,40)(H,37,42). The van der Waals surface area contributed by atoms with Crippen LogP contribution in [0.4, 0.5) is 4.79 Å². The van der Waals surface area contributed by atoms with Crippen molar-refractivity contribution in [3.63, 3.8) is 0 Å². The van der Waals surface area contributed by atoms with E-state index in [0.717, 1.165) is 47.1 Å². The molecule has 1 aliphatic carbocycles. The van der Waals surface area contributed by atoms with Gasteiger partial charge in [-0.1, -0.05) is 71.8 Å². The number of ether oxygens (including phenoxy) is 1. The number of hydrogen-bond donors (Lipinski definition) is 3. The van der Waals surface area contributed by atoms with Crippen LogP contribution in [-0.4, -0.2) is 45.6 Å². The summed E-state index contributed by atoms with van der Waals surface area (Å²) in [4.78, 5) is 43.4. The summed E-state index contributed by atoms with van der Waals surface area (Å²) < 4.78 is 5.53. The monoisotopic (exact) mass is 585 g/mol. The summed E-state index contributed by atoms with van der Waals surface area (Å²) in [5.74, 6) is -0.537. The number of amides is 3. The summed E-state index contributed by atoms with van der Waals surface area (Å²) in [6, 6.07) is 20.0. The smallest absolute Gasteiger partial charge is 0.408 e. The molecule has 0 spiro atoms. The Hall–Kier alpha value is -4.33. The predicted molar refractivity (Wildman–Crippen MR) is 166 cm³/mol. The zero-order valence-electron chi connectivity index (χ0n) is 25.7. The molecule has 1 fully saturated rings. The van der Waals surface area contributed by atoms with E-state index >= 15 is 0 Å². The van der Waals surface area contributed by atoms with Crippen molar-refractivity contribution < 1.29 is 24.2 Å². The van der Waals surface area contributed by atoms with Gasteiger partial charge in [-0.25, -0.2) is 4.79 Å². The maximum atomic E-state index is 14.6. The number of nitrogens with one attached hydrogen (secondary N) is 2. The van der Waals surface area contributed by atoms with Crippen LogP contribution < -0.4 is 10.6 Å². The normalized spacial score (nSPS) is 14.6. The van der Waals surface area contributed by atoms with E-state index < -0.39 is 23.8 Å². The highest BCUT2D eigenvalue weighted by molar-refractivity contribution is 5.92. The fourth-order valence-electron chi connectivity index (χ4n) is 5.37. The van der Waals surface area contributed by atoms with Crippen LogP contribution in [0.1, 0.15) is 73.9 Å². The molecule has 1 saturated carbocycles. The van der Waals surface area contributed by atoms with Crippen molar-refractivity contribution in [1.82, 2.24) is 15.5 Å². The van der Waals surface area contributed by atoms with E-state index in [1.807, 2.05) is 62.4 Å². The second-order valence-electron chi connectivity index (χ2n) is 12.4. The Bertz CT molecular complexity index is 1390. The molecule has 0 radical (unpaired) electrons. The van der Waals surface area contributed by atoms with Crippen molar-refractivity contribution in [3.05, 3.63) is 101 Å². The van der Waals surface area contributed by atoms with Crippen molar-refractivity contribution in [2.75, 3.05) is 0 Å². The van der Waals surface area contributed by atoms with E-state index in [9.17, 15) is 19.5 Å². The molecule has 228 valence electrons. The molecule has 2 atom stereocenters. The summed E-state index contributed by atoms with van der Waals surface area (Å²) >= 11 is 0. The zero-order chi connectivity index (χ0) is 31.1. The number of hydrogen-bond acceptors (Lipinski definition) is 5. The van der Waals surface area contributed by atoms with Crippen LogP contribution in [0.15, 0.2) is 72.8 Å². The molecule has 2 unspecified atom stereocenters. The van der Waals surface area contributed by atoms with E-state index in [1.165, 1.54) is 0 Å². The largest absolute Gasteiger partial charge is 0.508 e. The molecule has 0 aliphatic heterocycles. The van der Waals surface area contributed by atoms with E-state index in [2.05, 4.69) is 10.6 Å². The third-order valence-electron chi connectivity index (χ3n) is 7.48. The second kappa shape index (κ2) is 13.8. The van der Waals surface area contributed by atoms with Crippen molar-refractivity contribution in [2.45, 2.75) is 90.6 Å². The number of rotatable bonds is 10. The molecule has 8 heteroatoms. The molecule has 3 aromatic carbocycles. The fraction of sp³-hybridized carbons (Fsp3) is 0.400. The van der Waals surface area contributed by atoms with Gasteiger partial charge in [0.05, 0.1) is 0 Å². The highest BCUT2D eigenvalue weighted by atomic mass is 16.6. The Morgan fingerprint density at radius 2 is 1.56 bits per heavy atom. The molecule has 3 amide bonds. The first-order valence-electron chi connectivity index (χ1n) is 14.9. The summed E-state index contributed by atoms with van der Waals surface area (Å²) in [5, 5.41) is 15.7. The molecular weight excluding hydrogens is 542 g/mol. The van der Waals surface area contributed by atoms with Crippen molar-refractivity contribution in [2.24, 2.45) is 0 Å². The van der Waals surface area contributed by atoms with Gasteiger partial charge in [0.15, 0.2) is 0 Å². The first kappa shape index (κ1) is 31.6. The number of phenolic OH excluding ortho intramolecular Hbond substituents is 1. The van der Waals surface area contributed by atoms with Gasteiger partial charge in [-0.2, -0.15) is 0 Å². The quantitative estimate of drug-likeness (QED) is 0.275. The van der Waals surface area contributed by atoms with Crippen LogP contribution >= 0.6 is 0 Å². The Labute approximate surface area is 254 Å². The van der Waals surface area contributed by atoms with Crippen LogP contribution in [0.25, 0.3) is 0 Å². The first-order chi connectivity index (χ1) is 20.4. The molecule has 1 aliphatic rings. The van der Waals surface area contributed by atoms with Crippen LogP contribution in [0.2, 0.25) is 0 Å². The van der Waals surface area contributed by atoms with E-state index in [-0.39, 0.29) is 30.0 Å². The van der Waals surface area contributed by atoms with Crippen molar-refractivity contribution in [1.29, 1.82) is 0 Å². The fourth-order valence-corrected chi connectivity index (χ4v) is 5.37. The van der Waals surface area contributed by atoms with E-state index in [0.29, 0.717) is 6.54 Å². The summed E-state index contributed by atoms with van der Waals surface area (Å²) in [6.07, 6.45) is 1.91. The van der Waals surface area contributed by atoms with Gasteiger partial charge in [0.25, 0.3) is 0 Å². The lowest BCUT2D eigenvalue weighted by molar-refractivity contribution is -0.147. The summed E-state index contributed by atoms with van der Waals surface area (Å²) in [5.41, 5.74) is 3.64. The highest BCUT2D eigenvalue weighted by Crippen LogP contribution is 2.35. The average Bonchev–Trinajstić information content (AvgIpc) is 2.90. The van der Waals surface area contributed by atoms with Crippen LogP contribution in [-0.2, 0) is 27.3 Å². The Morgan fingerprint density at radius 3 is 2.12 bits per heavy atom. The van der Waals surface area contributed by atoms with E-state index in [1.54, 1.807) is 49.9 Å². The molecule has 0 bridgehead atoms. The third kappa shape index (κ3) is 8.83. The van der Waals surface area contributed by atoms with Crippen molar-refractivity contribution >= 4 is 17.9 Å². The number of carbonyl (C=O) groups is 3. The minimum absolute atomic E-state index is 0.104. The van der Waals surface area contributed by atoms with Crippen LogP contribution in [0.3, 0.4) is 0 Å². The predicted octanol–water partition coefficient (Wildman–Crippen LogP) is 5.88. The van der Waals surface area contributed by atoms with Gasteiger partial charge in [-0.05, 0) is 82.7 Å². The summed E-state index contributed by atoms with van der Waals surface area (Å²) in [7, 11) is 0. The lowest BCUT2D eigenvalue weighted by Gasteiger charge is -2.43. The Morgan fingerprint density at radius 1 is 0.930 bits per heavy atom. The SMILES string of the molecule is Cc1cc(C)cc(C(C(=O)NCc2ccccc2)N(C(=O)C(Cc2ccc(O)cc2)NC(=O)OC(C)(C)C)C2CCC2)c1.